The van der Waals surface area contributed by atoms with Crippen LogP contribution in [0, 0.1) is 13.8 Å². The fourth-order valence-corrected chi connectivity index (χ4v) is 3.08. The molecule has 2 rings (SSSR count). The van der Waals surface area contributed by atoms with Crippen molar-refractivity contribution in [3.8, 4) is 0 Å². The van der Waals surface area contributed by atoms with Crippen molar-refractivity contribution in [1.29, 1.82) is 0 Å². The predicted octanol–water partition coefficient (Wildman–Crippen LogP) is 1.67. The van der Waals surface area contributed by atoms with Gasteiger partial charge in [-0.1, -0.05) is 11.2 Å². The van der Waals surface area contributed by atoms with E-state index in [0.29, 0.717) is 5.56 Å². The maximum absolute atomic E-state index is 12.2. The van der Waals surface area contributed by atoms with Gasteiger partial charge in [-0.15, -0.1) is 0 Å². The Morgan fingerprint density at radius 1 is 1.33 bits per heavy atom. The van der Waals surface area contributed by atoms with Crippen molar-refractivity contribution in [2.75, 3.05) is 10.5 Å². The Labute approximate surface area is 105 Å². The van der Waals surface area contributed by atoms with E-state index in [9.17, 15) is 8.42 Å². The number of hydrogen-bond donors (Lipinski definition) is 2. The molecule has 18 heavy (non-hydrogen) atoms. The molecule has 1 heterocycles. The Bertz CT molecular complexity index is 663. The first-order valence-corrected chi connectivity index (χ1v) is 6.68. The van der Waals surface area contributed by atoms with Gasteiger partial charge in [-0.25, -0.2) is 8.42 Å². The molecule has 3 N–H and O–H groups in total. The van der Waals surface area contributed by atoms with Crippen molar-refractivity contribution in [3.63, 3.8) is 0 Å². The molecule has 0 fully saturated rings. The number of rotatable bonds is 3. The number of hydrogen-bond acceptors (Lipinski definition) is 5. The molecular formula is C11H13N3O3S. The lowest BCUT2D eigenvalue weighted by Crippen LogP contribution is -2.16. The van der Waals surface area contributed by atoms with E-state index in [-0.39, 0.29) is 16.3 Å². The third-order valence-corrected chi connectivity index (χ3v) is 4.24. The highest BCUT2D eigenvalue weighted by molar-refractivity contribution is 7.93. The van der Waals surface area contributed by atoms with E-state index in [4.69, 9.17) is 5.73 Å². The molecule has 0 radical (unpaired) electrons. The van der Waals surface area contributed by atoms with Crippen LogP contribution in [0.3, 0.4) is 0 Å². The maximum atomic E-state index is 12.2. The van der Waals surface area contributed by atoms with Gasteiger partial charge in [0.25, 0.3) is 10.0 Å². The van der Waals surface area contributed by atoms with Crippen molar-refractivity contribution in [3.05, 3.63) is 35.7 Å². The molecule has 2 aromatic rings. The van der Waals surface area contributed by atoms with Gasteiger partial charge in [-0.2, -0.15) is 0 Å². The molecule has 0 spiro atoms. The molecule has 0 saturated carbocycles. The highest BCUT2D eigenvalue weighted by Crippen LogP contribution is 2.27. The van der Waals surface area contributed by atoms with Crippen LogP contribution in [0.15, 0.2) is 34.0 Å². The highest BCUT2D eigenvalue weighted by Gasteiger charge is 2.21. The summed E-state index contributed by atoms with van der Waals surface area (Å²) in [5.41, 5.74) is 7.70. The monoisotopic (exact) mass is 267 g/mol. The number of aromatic nitrogens is 1. The number of anilines is 2. The van der Waals surface area contributed by atoms with Gasteiger partial charge >= 0.3 is 0 Å². The van der Waals surface area contributed by atoms with Gasteiger partial charge in [-0.3, -0.25) is 4.72 Å². The Kier molecular flexibility index (Phi) is 3.00. The fraction of sp³-hybridized carbons (Fsp3) is 0.182. The normalized spacial score (nSPS) is 11.4. The van der Waals surface area contributed by atoms with E-state index in [1.807, 2.05) is 6.92 Å². The van der Waals surface area contributed by atoms with Gasteiger partial charge < -0.3 is 10.3 Å². The van der Waals surface area contributed by atoms with E-state index in [2.05, 4.69) is 14.4 Å². The summed E-state index contributed by atoms with van der Waals surface area (Å²) >= 11 is 0. The van der Waals surface area contributed by atoms with Crippen molar-refractivity contribution in [2.24, 2.45) is 0 Å². The predicted molar refractivity (Wildman–Crippen MR) is 67.6 cm³/mol. The molecule has 0 bridgehead atoms. The van der Waals surface area contributed by atoms with Crippen molar-refractivity contribution in [1.82, 2.24) is 5.16 Å². The van der Waals surface area contributed by atoms with Gasteiger partial charge in [-0.05, 0) is 31.0 Å². The maximum Gasteiger partial charge on any atom is 0.264 e. The second-order valence-electron chi connectivity index (χ2n) is 3.94. The molecule has 96 valence electrons. The van der Waals surface area contributed by atoms with Crippen LogP contribution in [0.4, 0.5) is 11.4 Å². The Hall–Kier alpha value is -2.02. The summed E-state index contributed by atoms with van der Waals surface area (Å²) in [6.07, 6.45) is 2.48. The van der Waals surface area contributed by atoms with Crippen LogP contribution < -0.4 is 10.5 Å². The van der Waals surface area contributed by atoms with E-state index >= 15 is 0 Å². The van der Waals surface area contributed by atoms with Crippen LogP contribution in [0.1, 0.15) is 11.1 Å². The summed E-state index contributed by atoms with van der Waals surface area (Å²) in [6, 6.07) is 3.35. The summed E-state index contributed by atoms with van der Waals surface area (Å²) in [6.45, 7) is 3.54. The zero-order valence-corrected chi connectivity index (χ0v) is 10.8. The number of nitrogens with two attached hydrogens (primary N) is 1. The lowest BCUT2D eigenvalue weighted by Gasteiger charge is -2.12. The summed E-state index contributed by atoms with van der Waals surface area (Å²) < 4.78 is 31.4. The third kappa shape index (κ3) is 2.17. The summed E-state index contributed by atoms with van der Waals surface area (Å²) in [5.74, 6) is 0. The first-order valence-electron chi connectivity index (χ1n) is 5.19. The molecule has 1 aromatic heterocycles. The summed E-state index contributed by atoms with van der Waals surface area (Å²) in [7, 11) is -3.74. The lowest BCUT2D eigenvalue weighted by atomic mass is 10.1. The first-order chi connectivity index (χ1) is 8.42. The Balaban J connectivity index is 2.51. The van der Waals surface area contributed by atoms with E-state index < -0.39 is 10.0 Å². The average Bonchev–Trinajstić information content (AvgIpc) is 2.75. The number of nitrogens with zero attached hydrogens (tertiary/aromatic N) is 1. The number of nitrogen functional groups attached to an aromatic ring is 1. The molecule has 0 atom stereocenters. The number of nitrogens with one attached hydrogen (secondary N) is 1. The van der Waals surface area contributed by atoms with Crippen molar-refractivity contribution in [2.45, 2.75) is 18.7 Å². The van der Waals surface area contributed by atoms with Gasteiger partial charge in [0.05, 0.1) is 11.9 Å². The minimum absolute atomic E-state index is 0.0868. The minimum atomic E-state index is -3.74. The highest BCUT2D eigenvalue weighted by atomic mass is 32.2. The van der Waals surface area contributed by atoms with E-state index in [0.717, 1.165) is 5.56 Å². The summed E-state index contributed by atoms with van der Waals surface area (Å²) in [4.78, 5) is 0.0868. The number of aryl methyl sites for hydroxylation is 1. The van der Waals surface area contributed by atoms with E-state index in [1.54, 1.807) is 19.1 Å². The first kappa shape index (κ1) is 12.4. The van der Waals surface area contributed by atoms with Gasteiger partial charge in [0.1, 0.15) is 16.8 Å². The van der Waals surface area contributed by atoms with Gasteiger partial charge in [0.15, 0.2) is 0 Å². The molecule has 0 saturated heterocycles. The third-order valence-electron chi connectivity index (χ3n) is 2.66. The van der Waals surface area contributed by atoms with Crippen LogP contribution in [0.2, 0.25) is 0 Å². The average molecular weight is 267 g/mol. The molecule has 0 amide bonds. The standard InChI is InChI=1S/C11H13N3O3S/c1-7-3-4-10(12)11(8(7)2)18(15,16)14-9-5-13-17-6-9/h3-6,14H,12H2,1-2H3. The lowest BCUT2D eigenvalue weighted by molar-refractivity contribution is 0.420. The topological polar surface area (TPSA) is 98.2 Å². The number of benzene rings is 1. The Morgan fingerprint density at radius 2 is 2.06 bits per heavy atom. The van der Waals surface area contributed by atoms with Crippen molar-refractivity contribution >= 4 is 21.4 Å². The zero-order chi connectivity index (χ0) is 13.3. The molecule has 0 aliphatic rings. The van der Waals surface area contributed by atoms with E-state index in [1.165, 1.54) is 12.5 Å². The molecular weight excluding hydrogens is 254 g/mol. The SMILES string of the molecule is Cc1ccc(N)c(S(=O)(=O)Nc2cnoc2)c1C. The second kappa shape index (κ2) is 4.34. The summed E-state index contributed by atoms with van der Waals surface area (Å²) in [5, 5.41) is 3.43. The second-order valence-corrected chi connectivity index (χ2v) is 5.56. The largest absolute Gasteiger partial charge is 0.398 e. The fourth-order valence-electron chi connectivity index (χ4n) is 1.63. The molecule has 0 aliphatic carbocycles. The Morgan fingerprint density at radius 3 is 2.67 bits per heavy atom. The van der Waals surface area contributed by atoms with Gasteiger partial charge in [0.2, 0.25) is 0 Å². The van der Waals surface area contributed by atoms with Crippen LogP contribution in [0.25, 0.3) is 0 Å². The van der Waals surface area contributed by atoms with Crippen LogP contribution in [-0.4, -0.2) is 13.6 Å². The molecule has 7 heteroatoms. The molecule has 1 aromatic carbocycles. The number of sulfonamides is 1. The zero-order valence-electron chi connectivity index (χ0n) is 9.97. The molecule has 0 unspecified atom stereocenters. The van der Waals surface area contributed by atoms with Gasteiger partial charge in [0, 0.05) is 0 Å². The smallest absolute Gasteiger partial charge is 0.264 e. The van der Waals surface area contributed by atoms with Crippen LogP contribution in [0.5, 0.6) is 0 Å². The quantitative estimate of drug-likeness (QED) is 0.824. The van der Waals surface area contributed by atoms with Crippen LogP contribution in [-0.2, 0) is 10.0 Å². The minimum Gasteiger partial charge on any atom is -0.398 e. The van der Waals surface area contributed by atoms with Crippen LogP contribution >= 0.6 is 0 Å². The van der Waals surface area contributed by atoms with Crippen molar-refractivity contribution < 1.29 is 12.9 Å². The molecule has 0 aliphatic heterocycles. The molecule has 6 nitrogen and oxygen atoms in total.